The Balaban J connectivity index is 2.74. The third-order valence-electron chi connectivity index (χ3n) is 1.81. The number of allylic oxidation sites excluding steroid dienone is 1. The summed E-state index contributed by atoms with van der Waals surface area (Å²) in [4.78, 5) is 0. The van der Waals surface area contributed by atoms with Crippen LogP contribution in [-0.2, 0) is 6.54 Å². The van der Waals surface area contributed by atoms with E-state index >= 15 is 0 Å². The van der Waals surface area contributed by atoms with Crippen LogP contribution in [0.2, 0.25) is 0 Å². The first-order valence-corrected chi connectivity index (χ1v) is 4.50. The first-order valence-electron chi connectivity index (χ1n) is 4.50. The molecule has 0 heterocycles. The van der Waals surface area contributed by atoms with E-state index in [9.17, 15) is 4.39 Å². The number of nitrogens with two attached hydrogens (primary N) is 1. The molecule has 0 radical (unpaired) electrons. The van der Waals surface area contributed by atoms with Crippen LogP contribution in [0.1, 0.15) is 12.5 Å². The lowest BCUT2D eigenvalue weighted by Crippen LogP contribution is -2.02. The third-order valence-corrected chi connectivity index (χ3v) is 1.81. The number of ether oxygens (including phenoxy) is 1. The summed E-state index contributed by atoms with van der Waals surface area (Å²) < 4.78 is 18.2. The van der Waals surface area contributed by atoms with Gasteiger partial charge in [-0.25, -0.2) is 4.39 Å². The summed E-state index contributed by atoms with van der Waals surface area (Å²) in [5.74, 6) is 0.357. The summed E-state index contributed by atoms with van der Waals surface area (Å²) in [5.41, 5.74) is 6.15. The van der Waals surface area contributed by atoms with E-state index in [1.807, 2.05) is 19.1 Å². The molecular formula is C11H14FNO. The van der Waals surface area contributed by atoms with E-state index < -0.39 is 0 Å². The van der Waals surface area contributed by atoms with Gasteiger partial charge in [0.2, 0.25) is 0 Å². The maximum atomic E-state index is 12.8. The van der Waals surface area contributed by atoms with Gasteiger partial charge in [0.15, 0.2) is 0 Å². The summed E-state index contributed by atoms with van der Waals surface area (Å²) in [6.45, 7) is 2.68. The molecule has 1 aromatic carbocycles. The summed E-state index contributed by atoms with van der Waals surface area (Å²) in [6.07, 6.45) is 3.77. The lowest BCUT2D eigenvalue weighted by molar-refractivity contribution is 0.358. The normalized spacial score (nSPS) is 10.8. The van der Waals surface area contributed by atoms with Crippen LogP contribution in [0.15, 0.2) is 30.4 Å². The van der Waals surface area contributed by atoms with Crippen LogP contribution in [-0.4, -0.2) is 6.61 Å². The zero-order chi connectivity index (χ0) is 10.4. The summed E-state index contributed by atoms with van der Waals surface area (Å²) in [5, 5.41) is 0. The second-order valence-electron chi connectivity index (χ2n) is 2.84. The fourth-order valence-electron chi connectivity index (χ4n) is 1.08. The summed E-state index contributed by atoms with van der Waals surface area (Å²) in [7, 11) is 0. The Morgan fingerprint density at radius 1 is 1.50 bits per heavy atom. The van der Waals surface area contributed by atoms with E-state index in [4.69, 9.17) is 10.5 Å². The highest BCUT2D eigenvalue weighted by Crippen LogP contribution is 2.18. The Bertz CT molecular complexity index is 323. The molecular weight excluding hydrogens is 181 g/mol. The zero-order valence-electron chi connectivity index (χ0n) is 8.16. The van der Waals surface area contributed by atoms with Gasteiger partial charge in [0.05, 0.1) is 0 Å². The molecule has 0 aromatic heterocycles. The summed E-state index contributed by atoms with van der Waals surface area (Å²) in [6, 6.07) is 4.36. The van der Waals surface area contributed by atoms with E-state index in [1.54, 1.807) is 6.07 Å². The molecule has 0 fully saturated rings. The maximum Gasteiger partial charge on any atom is 0.124 e. The standard InChI is InChI=1S/C11H14FNO/c1-2-3-6-14-11-5-4-10(12)7-9(11)8-13/h2-5,7H,6,8,13H2,1H3/b3-2+. The van der Waals surface area contributed by atoms with Crippen molar-refractivity contribution in [3.8, 4) is 5.75 Å². The molecule has 2 nitrogen and oxygen atoms in total. The van der Waals surface area contributed by atoms with Gasteiger partial charge in [-0.15, -0.1) is 0 Å². The van der Waals surface area contributed by atoms with Crippen molar-refractivity contribution in [2.45, 2.75) is 13.5 Å². The molecule has 0 aliphatic rings. The van der Waals surface area contributed by atoms with Crippen molar-refractivity contribution in [1.29, 1.82) is 0 Å². The van der Waals surface area contributed by atoms with Crippen molar-refractivity contribution in [2.75, 3.05) is 6.61 Å². The Labute approximate surface area is 83.2 Å². The minimum Gasteiger partial charge on any atom is -0.489 e. The Kier molecular flexibility index (Phi) is 4.13. The van der Waals surface area contributed by atoms with Crippen LogP contribution in [0.3, 0.4) is 0 Å². The van der Waals surface area contributed by atoms with Crippen molar-refractivity contribution in [3.63, 3.8) is 0 Å². The molecule has 3 heteroatoms. The van der Waals surface area contributed by atoms with Crippen LogP contribution in [0.25, 0.3) is 0 Å². The fourth-order valence-corrected chi connectivity index (χ4v) is 1.08. The number of hydrogen-bond donors (Lipinski definition) is 1. The number of benzene rings is 1. The zero-order valence-corrected chi connectivity index (χ0v) is 8.16. The highest BCUT2D eigenvalue weighted by molar-refractivity contribution is 5.33. The smallest absolute Gasteiger partial charge is 0.124 e. The first-order chi connectivity index (χ1) is 6.77. The fraction of sp³-hybridized carbons (Fsp3) is 0.273. The van der Waals surface area contributed by atoms with Crippen molar-refractivity contribution < 1.29 is 9.13 Å². The van der Waals surface area contributed by atoms with Gasteiger partial charge in [-0.3, -0.25) is 0 Å². The molecule has 0 unspecified atom stereocenters. The van der Waals surface area contributed by atoms with E-state index in [-0.39, 0.29) is 12.4 Å². The van der Waals surface area contributed by atoms with Crippen LogP contribution in [0, 0.1) is 5.82 Å². The lowest BCUT2D eigenvalue weighted by atomic mass is 10.2. The van der Waals surface area contributed by atoms with Crippen LogP contribution in [0.4, 0.5) is 4.39 Å². The summed E-state index contributed by atoms with van der Waals surface area (Å²) >= 11 is 0. The van der Waals surface area contributed by atoms with Gasteiger partial charge < -0.3 is 10.5 Å². The highest BCUT2D eigenvalue weighted by Gasteiger charge is 2.02. The van der Waals surface area contributed by atoms with E-state index in [2.05, 4.69) is 0 Å². The SMILES string of the molecule is C/C=C/COc1ccc(F)cc1CN. The number of hydrogen-bond acceptors (Lipinski definition) is 2. The van der Waals surface area contributed by atoms with Crippen molar-refractivity contribution in [1.82, 2.24) is 0 Å². The van der Waals surface area contributed by atoms with Gasteiger partial charge in [0.25, 0.3) is 0 Å². The monoisotopic (exact) mass is 195 g/mol. The number of halogens is 1. The molecule has 14 heavy (non-hydrogen) atoms. The molecule has 76 valence electrons. The lowest BCUT2D eigenvalue weighted by Gasteiger charge is -2.08. The maximum absolute atomic E-state index is 12.8. The van der Waals surface area contributed by atoms with E-state index in [1.165, 1.54) is 12.1 Å². The molecule has 1 rings (SSSR count). The number of rotatable bonds is 4. The van der Waals surface area contributed by atoms with Gasteiger partial charge in [0, 0.05) is 12.1 Å². The predicted molar refractivity (Wildman–Crippen MR) is 54.6 cm³/mol. The molecule has 0 saturated carbocycles. The Morgan fingerprint density at radius 3 is 2.93 bits per heavy atom. The van der Waals surface area contributed by atoms with Crippen LogP contribution < -0.4 is 10.5 Å². The molecule has 0 bridgehead atoms. The van der Waals surface area contributed by atoms with E-state index in [0.717, 1.165) is 0 Å². The molecule has 0 atom stereocenters. The Hall–Kier alpha value is -1.35. The molecule has 0 saturated heterocycles. The average Bonchev–Trinajstić information content (AvgIpc) is 2.20. The van der Waals surface area contributed by atoms with Gasteiger partial charge in [0.1, 0.15) is 18.2 Å². The average molecular weight is 195 g/mol. The molecule has 0 spiro atoms. The third kappa shape index (κ3) is 2.85. The molecule has 0 aliphatic carbocycles. The quantitative estimate of drug-likeness (QED) is 0.748. The molecule has 0 aliphatic heterocycles. The van der Waals surface area contributed by atoms with Crippen molar-refractivity contribution in [2.24, 2.45) is 5.73 Å². The van der Waals surface area contributed by atoms with Gasteiger partial charge >= 0.3 is 0 Å². The molecule has 2 N–H and O–H groups in total. The molecule has 0 amide bonds. The van der Waals surface area contributed by atoms with Crippen molar-refractivity contribution in [3.05, 3.63) is 41.7 Å². The second kappa shape index (κ2) is 5.40. The minimum absolute atomic E-state index is 0.281. The van der Waals surface area contributed by atoms with E-state index in [0.29, 0.717) is 17.9 Å². The molecule has 1 aromatic rings. The van der Waals surface area contributed by atoms with Gasteiger partial charge in [-0.05, 0) is 25.1 Å². The van der Waals surface area contributed by atoms with Gasteiger partial charge in [-0.2, -0.15) is 0 Å². The highest BCUT2D eigenvalue weighted by atomic mass is 19.1. The topological polar surface area (TPSA) is 35.2 Å². The van der Waals surface area contributed by atoms with Crippen molar-refractivity contribution >= 4 is 0 Å². The minimum atomic E-state index is -0.288. The van der Waals surface area contributed by atoms with Crippen LogP contribution >= 0.6 is 0 Å². The largest absolute Gasteiger partial charge is 0.489 e. The predicted octanol–water partition coefficient (Wildman–Crippen LogP) is 2.24. The second-order valence-corrected chi connectivity index (χ2v) is 2.84. The Morgan fingerprint density at radius 2 is 2.29 bits per heavy atom. The van der Waals surface area contributed by atoms with Gasteiger partial charge in [-0.1, -0.05) is 12.2 Å². The first kappa shape index (κ1) is 10.7. The van der Waals surface area contributed by atoms with Crippen LogP contribution in [0.5, 0.6) is 5.75 Å².